The lowest BCUT2D eigenvalue weighted by molar-refractivity contribution is 0.408. The summed E-state index contributed by atoms with van der Waals surface area (Å²) in [5.74, 6) is 0.772. The Hall–Kier alpha value is -0.870. The van der Waals surface area contributed by atoms with Crippen LogP contribution in [-0.2, 0) is 11.1 Å². The Balaban J connectivity index is 3.28. The number of ether oxygens (including phenoxy) is 1. The summed E-state index contributed by atoms with van der Waals surface area (Å²) in [5, 5.41) is 0. The summed E-state index contributed by atoms with van der Waals surface area (Å²) in [6.45, 7) is 3.70. The molecule has 0 spiro atoms. The molecule has 1 aromatic rings. The first-order valence-electron chi connectivity index (χ1n) is 3.82. The first-order chi connectivity index (χ1) is 6.06. The third-order valence-corrected chi connectivity index (χ3v) is 2.48. The highest BCUT2D eigenvalue weighted by molar-refractivity contribution is 7.79. The molecule has 1 N–H and O–H groups in total. The minimum atomic E-state index is -1.92. The van der Waals surface area contributed by atoms with E-state index in [4.69, 9.17) is 9.29 Å². The number of hydrogen-bond acceptors (Lipinski definition) is 2. The van der Waals surface area contributed by atoms with Gasteiger partial charge in [0, 0.05) is 0 Å². The fraction of sp³-hybridized carbons (Fsp3) is 0.333. The maximum Gasteiger partial charge on any atom is 0.186 e. The van der Waals surface area contributed by atoms with Crippen LogP contribution in [0.5, 0.6) is 5.75 Å². The zero-order chi connectivity index (χ0) is 10.0. The number of hydrogen-bond donors (Lipinski definition) is 1. The van der Waals surface area contributed by atoms with Crippen LogP contribution in [0.2, 0.25) is 0 Å². The van der Waals surface area contributed by atoms with Crippen LogP contribution in [0.4, 0.5) is 0 Å². The molecule has 1 rings (SSSR count). The Morgan fingerprint density at radius 2 is 1.77 bits per heavy atom. The van der Waals surface area contributed by atoms with E-state index < -0.39 is 11.1 Å². The molecule has 0 bridgehead atoms. The van der Waals surface area contributed by atoms with E-state index >= 15 is 0 Å². The number of rotatable bonds is 2. The van der Waals surface area contributed by atoms with Crippen LogP contribution < -0.4 is 4.74 Å². The predicted molar refractivity (Wildman–Crippen MR) is 51.5 cm³/mol. The van der Waals surface area contributed by atoms with E-state index in [1.165, 1.54) is 0 Å². The van der Waals surface area contributed by atoms with Crippen LogP contribution in [-0.4, -0.2) is 15.9 Å². The second kappa shape index (κ2) is 3.89. The van der Waals surface area contributed by atoms with Crippen LogP contribution in [0, 0.1) is 13.8 Å². The quantitative estimate of drug-likeness (QED) is 0.741. The Labute approximate surface area is 80.0 Å². The van der Waals surface area contributed by atoms with Gasteiger partial charge in [-0.25, -0.2) is 4.21 Å². The molecule has 0 radical (unpaired) electrons. The van der Waals surface area contributed by atoms with E-state index in [-0.39, 0.29) is 0 Å². The minimum absolute atomic E-state index is 0.413. The Bertz CT molecular complexity index is 324. The monoisotopic (exact) mass is 200 g/mol. The summed E-state index contributed by atoms with van der Waals surface area (Å²) < 4.78 is 24.8. The van der Waals surface area contributed by atoms with Gasteiger partial charge in [-0.15, -0.1) is 0 Å². The van der Waals surface area contributed by atoms with Gasteiger partial charge >= 0.3 is 0 Å². The van der Waals surface area contributed by atoms with Gasteiger partial charge in [-0.1, -0.05) is 0 Å². The number of benzene rings is 1. The van der Waals surface area contributed by atoms with E-state index in [9.17, 15) is 4.21 Å². The molecule has 0 aliphatic rings. The van der Waals surface area contributed by atoms with Crippen LogP contribution in [0.3, 0.4) is 0 Å². The van der Waals surface area contributed by atoms with Crippen molar-refractivity contribution in [2.24, 2.45) is 0 Å². The standard InChI is InChI=1S/C9H12O3S/c1-6-4-8(13(10)11)5-7(2)9(6)12-3/h4-5H,1-3H3,(H,10,11). The third-order valence-electron chi connectivity index (χ3n) is 1.84. The zero-order valence-corrected chi connectivity index (χ0v) is 8.64. The lowest BCUT2D eigenvalue weighted by Crippen LogP contribution is -1.95. The molecular weight excluding hydrogens is 188 g/mol. The molecule has 4 heteroatoms. The first kappa shape index (κ1) is 10.2. The lowest BCUT2D eigenvalue weighted by atomic mass is 10.1. The minimum Gasteiger partial charge on any atom is -0.496 e. The fourth-order valence-corrected chi connectivity index (χ4v) is 1.89. The molecule has 3 nitrogen and oxygen atoms in total. The maximum atomic E-state index is 10.8. The van der Waals surface area contributed by atoms with Crippen LogP contribution in [0.15, 0.2) is 17.0 Å². The van der Waals surface area contributed by atoms with E-state index in [0.29, 0.717) is 4.90 Å². The zero-order valence-electron chi connectivity index (χ0n) is 7.83. The molecule has 0 aliphatic heterocycles. The molecule has 0 aliphatic carbocycles. The molecule has 0 saturated heterocycles. The molecule has 0 saturated carbocycles. The van der Waals surface area contributed by atoms with Crippen molar-refractivity contribution in [3.8, 4) is 5.75 Å². The van der Waals surface area contributed by atoms with Gasteiger partial charge in [-0.05, 0) is 37.1 Å². The summed E-state index contributed by atoms with van der Waals surface area (Å²) in [5.41, 5.74) is 1.75. The molecule has 0 fully saturated rings. The van der Waals surface area contributed by atoms with Gasteiger partial charge in [0.25, 0.3) is 0 Å². The highest BCUT2D eigenvalue weighted by atomic mass is 32.2. The molecule has 72 valence electrons. The SMILES string of the molecule is COc1c(C)cc(S(=O)O)cc1C. The first-order valence-corrected chi connectivity index (χ1v) is 4.93. The molecular formula is C9H12O3S. The average Bonchev–Trinajstić information content (AvgIpc) is 2.03. The normalized spacial score (nSPS) is 12.6. The smallest absolute Gasteiger partial charge is 0.186 e. The van der Waals surface area contributed by atoms with Gasteiger partial charge < -0.3 is 9.29 Å². The Morgan fingerprint density at radius 1 is 1.31 bits per heavy atom. The third kappa shape index (κ3) is 2.08. The molecule has 1 aromatic carbocycles. The van der Waals surface area contributed by atoms with Crippen LogP contribution in [0.1, 0.15) is 11.1 Å². The molecule has 13 heavy (non-hydrogen) atoms. The summed E-state index contributed by atoms with van der Waals surface area (Å²) in [6.07, 6.45) is 0. The van der Waals surface area contributed by atoms with Crippen molar-refractivity contribution in [3.05, 3.63) is 23.3 Å². The summed E-state index contributed by atoms with van der Waals surface area (Å²) in [7, 11) is 1.59. The van der Waals surface area contributed by atoms with Gasteiger partial charge in [0.15, 0.2) is 11.1 Å². The summed E-state index contributed by atoms with van der Waals surface area (Å²) >= 11 is -1.92. The number of methoxy groups -OCH3 is 1. The van der Waals surface area contributed by atoms with E-state index in [0.717, 1.165) is 16.9 Å². The van der Waals surface area contributed by atoms with Crippen molar-refractivity contribution in [1.29, 1.82) is 0 Å². The molecule has 0 aromatic heterocycles. The lowest BCUT2D eigenvalue weighted by Gasteiger charge is -2.09. The Kier molecular flexibility index (Phi) is 3.06. The van der Waals surface area contributed by atoms with E-state index in [1.54, 1.807) is 19.2 Å². The highest BCUT2D eigenvalue weighted by Gasteiger charge is 2.07. The van der Waals surface area contributed by atoms with Gasteiger partial charge in [-0.3, -0.25) is 0 Å². The topological polar surface area (TPSA) is 46.5 Å². The summed E-state index contributed by atoms with van der Waals surface area (Å²) in [6, 6.07) is 3.31. The van der Waals surface area contributed by atoms with Crippen LogP contribution >= 0.6 is 0 Å². The molecule has 0 heterocycles. The number of aryl methyl sites for hydroxylation is 2. The van der Waals surface area contributed by atoms with Crippen LogP contribution in [0.25, 0.3) is 0 Å². The Morgan fingerprint density at radius 3 is 2.08 bits per heavy atom. The second-order valence-electron chi connectivity index (χ2n) is 2.84. The summed E-state index contributed by atoms with van der Waals surface area (Å²) in [4.78, 5) is 0.413. The van der Waals surface area contributed by atoms with Crippen molar-refractivity contribution in [3.63, 3.8) is 0 Å². The van der Waals surface area contributed by atoms with Crippen molar-refractivity contribution < 1.29 is 13.5 Å². The largest absolute Gasteiger partial charge is 0.496 e. The van der Waals surface area contributed by atoms with Crippen molar-refractivity contribution in [1.82, 2.24) is 0 Å². The maximum absolute atomic E-state index is 10.8. The molecule has 1 unspecified atom stereocenters. The van der Waals surface area contributed by atoms with Crippen molar-refractivity contribution in [2.75, 3.05) is 7.11 Å². The van der Waals surface area contributed by atoms with Crippen molar-refractivity contribution >= 4 is 11.1 Å². The van der Waals surface area contributed by atoms with Gasteiger partial charge in [0.2, 0.25) is 0 Å². The molecule has 0 amide bonds. The van der Waals surface area contributed by atoms with Gasteiger partial charge in [-0.2, -0.15) is 0 Å². The average molecular weight is 200 g/mol. The molecule has 1 atom stereocenters. The predicted octanol–water partition coefficient (Wildman–Crippen LogP) is 1.89. The van der Waals surface area contributed by atoms with E-state index in [2.05, 4.69) is 0 Å². The van der Waals surface area contributed by atoms with Gasteiger partial charge in [0.1, 0.15) is 5.75 Å². The fourth-order valence-electron chi connectivity index (χ4n) is 1.33. The second-order valence-corrected chi connectivity index (χ2v) is 3.81. The van der Waals surface area contributed by atoms with E-state index in [1.807, 2.05) is 13.8 Å². The van der Waals surface area contributed by atoms with Crippen molar-refractivity contribution in [2.45, 2.75) is 18.7 Å². The highest BCUT2D eigenvalue weighted by Crippen LogP contribution is 2.25. The van der Waals surface area contributed by atoms with Gasteiger partial charge in [0.05, 0.1) is 12.0 Å².